The van der Waals surface area contributed by atoms with Gasteiger partial charge >= 0.3 is 0 Å². The van der Waals surface area contributed by atoms with E-state index in [1.54, 1.807) is 7.11 Å². The van der Waals surface area contributed by atoms with Gasteiger partial charge in [-0.25, -0.2) is 0 Å². The SMILES string of the molecule is COc1ccc(COC[C@H](O)CC#N)cc1. The minimum atomic E-state index is -0.705. The predicted molar refractivity (Wildman–Crippen MR) is 58.9 cm³/mol. The van der Waals surface area contributed by atoms with Gasteiger partial charge in [-0.05, 0) is 17.7 Å². The molecule has 1 aromatic carbocycles. The quantitative estimate of drug-likeness (QED) is 0.790. The lowest BCUT2D eigenvalue weighted by Gasteiger charge is -2.08. The van der Waals surface area contributed by atoms with Crippen LogP contribution in [0.2, 0.25) is 0 Å². The van der Waals surface area contributed by atoms with E-state index in [1.807, 2.05) is 30.3 Å². The Morgan fingerprint density at radius 1 is 1.38 bits per heavy atom. The van der Waals surface area contributed by atoms with E-state index in [2.05, 4.69) is 0 Å². The maximum atomic E-state index is 9.24. The summed E-state index contributed by atoms with van der Waals surface area (Å²) in [5, 5.41) is 17.6. The summed E-state index contributed by atoms with van der Waals surface area (Å²) in [7, 11) is 1.61. The van der Waals surface area contributed by atoms with Gasteiger partial charge in [0.05, 0.1) is 38.9 Å². The minimum absolute atomic E-state index is 0.0998. The third-order valence-electron chi connectivity index (χ3n) is 2.06. The number of aliphatic hydroxyl groups excluding tert-OH is 1. The Kier molecular flexibility index (Phi) is 5.34. The monoisotopic (exact) mass is 221 g/mol. The second kappa shape index (κ2) is 6.83. The second-order valence-corrected chi connectivity index (χ2v) is 3.38. The summed E-state index contributed by atoms with van der Waals surface area (Å²) in [4.78, 5) is 0. The summed E-state index contributed by atoms with van der Waals surface area (Å²) in [6.45, 7) is 0.603. The Morgan fingerprint density at radius 2 is 2.06 bits per heavy atom. The first-order valence-corrected chi connectivity index (χ1v) is 5.02. The van der Waals surface area contributed by atoms with Gasteiger partial charge in [-0.1, -0.05) is 12.1 Å². The fourth-order valence-corrected chi connectivity index (χ4v) is 1.20. The molecule has 0 heterocycles. The van der Waals surface area contributed by atoms with Crippen LogP contribution in [-0.2, 0) is 11.3 Å². The summed E-state index contributed by atoms with van der Waals surface area (Å²) < 4.78 is 10.3. The molecule has 0 fully saturated rings. The number of benzene rings is 1. The number of methoxy groups -OCH3 is 1. The van der Waals surface area contributed by atoms with Crippen LogP contribution in [0.1, 0.15) is 12.0 Å². The average Bonchev–Trinajstić information content (AvgIpc) is 2.30. The third-order valence-corrected chi connectivity index (χ3v) is 2.06. The highest BCUT2D eigenvalue weighted by atomic mass is 16.5. The fraction of sp³-hybridized carbons (Fsp3) is 0.417. The van der Waals surface area contributed by atoms with Gasteiger partial charge in [0.2, 0.25) is 0 Å². The van der Waals surface area contributed by atoms with Gasteiger partial charge in [-0.2, -0.15) is 5.26 Å². The lowest BCUT2D eigenvalue weighted by Crippen LogP contribution is -2.14. The van der Waals surface area contributed by atoms with Gasteiger partial charge in [0.25, 0.3) is 0 Å². The molecule has 1 aromatic rings. The second-order valence-electron chi connectivity index (χ2n) is 3.38. The van der Waals surface area contributed by atoms with E-state index in [9.17, 15) is 5.11 Å². The normalized spacial score (nSPS) is 11.8. The molecule has 0 unspecified atom stereocenters. The van der Waals surface area contributed by atoms with E-state index in [1.165, 1.54) is 0 Å². The van der Waals surface area contributed by atoms with Crippen LogP contribution in [0.25, 0.3) is 0 Å². The predicted octanol–water partition coefficient (Wildman–Crippen LogP) is 1.49. The smallest absolute Gasteiger partial charge is 0.118 e. The van der Waals surface area contributed by atoms with Crippen molar-refractivity contribution < 1.29 is 14.6 Å². The van der Waals surface area contributed by atoms with E-state index < -0.39 is 6.10 Å². The van der Waals surface area contributed by atoms with Crippen LogP contribution in [0.3, 0.4) is 0 Å². The summed E-state index contributed by atoms with van der Waals surface area (Å²) >= 11 is 0. The summed E-state index contributed by atoms with van der Waals surface area (Å²) in [6.07, 6.45) is -0.606. The lowest BCUT2D eigenvalue weighted by molar-refractivity contribution is 0.0309. The van der Waals surface area contributed by atoms with Crippen molar-refractivity contribution in [3.05, 3.63) is 29.8 Å². The van der Waals surface area contributed by atoms with Crippen LogP contribution in [0.15, 0.2) is 24.3 Å². The van der Waals surface area contributed by atoms with Gasteiger partial charge in [-0.15, -0.1) is 0 Å². The van der Waals surface area contributed by atoms with Crippen molar-refractivity contribution in [2.45, 2.75) is 19.1 Å². The third kappa shape index (κ3) is 4.30. The van der Waals surface area contributed by atoms with E-state index >= 15 is 0 Å². The van der Waals surface area contributed by atoms with Gasteiger partial charge in [0.1, 0.15) is 5.75 Å². The maximum Gasteiger partial charge on any atom is 0.118 e. The number of rotatable bonds is 6. The molecule has 4 heteroatoms. The molecule has 1 N–H and O–H groups in total. The van der Waals surface area contributed by atoms with Crippen molar-refractivity contribution in [3.8, 4) is 11.8 Å². The van der Waals surface area contributed by atoms with Crippen LogP contribution in [0.4, 0.5) is 0 Å². The first-order valence-electron chi connectivity index (χ1n) is 5.02. The van der Waals surface area contributed by atoms with Gasteiger partial charge in [-0.3, -0.25) is 0 Å². The molecule has 0 aliphatic heterocycles. The van der Waals surface area contributed by atoms with Crippen molar-refractivity contribution in [1.29, 1.82) is 5.26 Å². The zero-order valence-electron chi connectivity index (χ0n) is 9.22. The van der Waals surface area contributed by atoms with Crippen LogP contribution >= 0.6 is 0 Å². The molecule has 0 aromatic heterocycles. The molecule has 0 spiro atoms. The zero-order chi connectivity index (χ0) is 11.8. The Morgan fingerprint density at radius 3 is 2.62 bits per heavy atom. The average molecular weight is 221 g/mol. The minimum Gasteiger partial charge on any atom is -0.497 e. The highest BCUT2D eigenvalue weighted by Gasteiger charge is 2.03. The van der Waals surface area contributed by atoms with Crippen LogP contribution in [0.5, 0.6) is 5.75 Å². The molecule has 1 rings (SSSR count). The largest absolute Gasteiger partial charge is 0.497 e. The highest BCUT2D eigenvalue weighted by molar-refractivity contribution is 5.26. The number of nitrogens with zero attached hydrogens (tertiary/aromatic N) is 1. The molecule has 0 saturated heterocycles. The zero-order valence-corrected chi connectivity index (χ0v) is 9.22. The number of ether oxygens (including phenoxy) is 2. The van der Waals surface area contributed by atoms with Crippen molar-refractivity contribution in [2.24, 2.45) is 0 Å². The first kappa shape index (κ1) is 12.5. The summed E-state index contributed by atoms with van der Waals surface area (Å²) in [5.74, 6) is 0.799. The van der Waals surface area contributed by atoms with Crippen molar-refractivity contribution in [3.63, 3.8) is 0 Å². The molecular weight excluding hydrogens is 206 g/mol. The molecule has 16 heavy (non-hydrogen) atoms. The molecule has 4 nitrogen and oxygen atoms in total. The number of hydrogen-bond donors (Lipinski definition) is 1. The molecule has 86 valence electrons. The molecule has 0 aliphatic rings. The van der Waals surface area contributed by atoms with Gasteiger partial charge in [0.15, 0.2) is 0 Å². The molecule has 0 radical (unpaired) electrons. The standard InChI is InChI=1S/C12H15NO3/c1-15-12-4-2-10(3-5-12)8-16-9-11(14)6-7-13/h2-5,11,14H,6,8-9H2,1H3/t11-/m1/s1. The van der Waals surface area contributed by atoms with E-state index in [-0.39, 0.29) is 13.0 Å². The van der Waals surface area contributed by atoms with E-state index in [4.69, 9.17) is 14.7 Å². The Bertz CT molecular complexity index is 342. The lowest BCUT2D eigenvalue weighted by atomic mass is 10.2. The van der Waals surface area contributed by atoms with Gasteiger partial charge < -0.3 is 14.6 Å². The first-order chi connectivity index (χ1) is 7.76. The Labute approximate surface area is 95.0 Å². The Balaban J connectivity index is 2.29. The van der Waals surface area contributed by atoms with E-state index in [0.29, 0.717) is 6.61 Å². The Hall–Kier alpha value is -1.57. The van der Waals surface area contributed by atoms with Crippen LogP contribution in [0, 0.1) is 11.3 Å². The number of aliphatic hydroxyl groups is 1. The molecule has 0 aliphatic carbocycles. The number of hydrogen-bond acceptors (Lipinski definition) is 4. The van der Waals surface area contributed by atoms with Crippen molar-refractivity contribution in [1.82, 2.24) is 0 Å². The molecule has 0 bridgehead atoms. The molecule has 0 amide bonds. The van der Waals surface area contributed by atoms with Gasteiger partial charge in [0, 0.05) is 0 Å². The molecular formula is C12H15NO3. The molecule has 0 saturated carbocycles. The van der Waals surface area contributed by atoms with Crippen molar-refractivity contribution >= 4 is 0 Å². The summed E-state index contributed by atoms with van der Waals surface area (Å²) in [6, 6.07) is 9.38. The number of nitriles is 1. The molecule has 1 atom stereocenters. The van der Waals surface area contributed by atoms with Crippen LogP contribution in [-0.4, -0.2) is 24.9 Å². The van der Waals surface area contributed by atoms with E-state index in [0.717, 1.165) is 11.3 Å². The fourth-order valence-electron chi connectivity index (χ4n) is 1.20. The topological polar surface area (TPSA) is 62.5 Å². The maximum absolute atomic E-state index is 9.24. The highest BCUT2D eigenvalue weighted by Crippen LogP contribution is 2.11. The van der Waals surface area contributed by atoms with Crippen molar-refractivity contribution in [2.75, 3.05) is 13.7 Å². The summed E-state index contributed by atoms with van der Waals surface area (Å²) in [5.41, 5.74) is 1.00. The van der Waals surface area contributed by atoms with Crippen LogP contribution < -0.4 is 4.74 Å².